The first kappa shape index (κ1) is 13.0. The molecular formula is C12H7F3N2O2. The molecule has 0 fully saturated rings. The van der Waals surface area contributed by atoms with E-state index in [0.29, 0.717) is 0 Å². The fourth-order valence-electron chi connectivity index (χ4n) is 1.38. The van der Waals surface area contributed by atoms with Crippen LogP contribution in [0.5, 0.6) is 11.6 Å². The molecular weight excluding hydrogens is 261 g/mol. The molecule has 0 aliphatic carbocycles. The van der Waals surface area contributed by atoms with Gasteiger partial charge in [0, 0.05) is 6.20 Å². The zero-order valence-electron chi connectivity index (χ0n) is 9.39. The highest BCUT2D eigenvalue weighted by molar-refractivity contribution is 5.48. The average Bonchev–Trinajstić information content (AvgIpc) is 2.39. The Labute approximate surface area is 105 Å². The SMILES string of the molecule is O=Nc1cccnc1Oc1cccc(C(F)(F)F)c1. The minimum atomic E-state index is -4.46. The van der Waals surface area contributed by atoms with E-state index in [1.165, 1.54) is 30.5 Å². The Morgan fingerprint density at radius 1 is 1.16 bits per heavy atom. The van der Waals surface area contributed by atoms with Gasteiger partial charge >= 0.3 is 6.18 Å². The molecule has 0 bridgehead atoms. The molecule has 0 saturated carbocycles. The largest absolute Gasteiger partial charge is 0.437 e. The third-order valence-electron chi connectivity index (χ3n) is 2.23. The molecule has 98 valence electrons. The fraction of sp³-hybridized carbons (Fsp3) is 0.0833. The number of nitrogens with zero attached hydrogens (tertiary/aromatic N) is 2. The Morgan fingerprint density at radius 3 is 2.63 bits per heavy atom. The van der Waals surface area contributed by atoms with Crippen LogP contribution in [-0.2, 0) is 6.18 Å². The van der Waals surface area contributed by atoms with E-state index in [1.54, 1.807) is 0 Å². The third kappa shape index (κ3) is 3.06. The van der Waals surface area contributed by atoms with Crippen LogP contribution in [-0.4, -0.2) is 4.98 Å². The van der Waals surface area contributed by atoms with Gasteiger partial charge in [-0.15, -0.1) is 4.91 Å². The lowest BCUT2D eigenvalue weighted by Crippen LogP contribution is -2.04. The van der Waals surface area contributed by atoms with E-state index in [2.05, 4.69) is 10.2 Å². The van der Waals surface area contributed by atoms with E-state index in [9.17, 15) is 18.1 Å². The summed E-state index contributed by atoms with van der Waals surface area (Å²) >= 11 is 0. The van der Waals surface area contributed by atoms with Crippen molar-refractivity contribution in [3.63, 3.8) is 0 Å². The highest BCUT2D eigenvalue weighted by atomic mass is 19.4. The molecule has 0 spiro atoms. The Kier molecular flexibility index (Phi) is 3.46. The van der Waals surface area contributed by atoms with E-state index < -0.39 is 11.7 Å². The zero-order valence-corrected chi connectivity index (χ0v) is 9.39. The normalized spacial score (nSPS) is 11.1. The summed E-state index contributed by atoms with van der Waals surface area (Å²) in [5, 5.41) is 2.68. The number of halogens is 3. The van der Waals surface area contributed by atoms with Crippen LogP contribution < -0.4 is 4.74 Å². The van der Waals surface area contributed by atoms with Crippen molar-refractivity contribution in [2.75, 3.05) is 0 Å². The Balaban J connectivity index is 2.31. The molecule has 0 N–H and O–H groups in total. The zero-order chi connectivity index (χ0) is 13.9. The number of hydrogen-bond donors (Lipinski definition) is 0. The third-order valence-corrected chi connectivity index (χ3v) is 2.23. The number of ether oxygens (including phenoxy) is 1. The van der Waals surface area contributed by atoms with Gasteiger partial charge in [-0.1, -0.05) is 6.07 Å². The second-order valence-corrected chi connectivity index (χ2v) is 3.55. The molecule has 1 heterocycles. The molecule has 19 heavy (non-hydrogen) atoms. The second-order valence-electron chi connectivity index (χ2n) is 3.55. The van der Waals surface area contributed by atoms with Crippen molar-refractivity contribution < 1.29 is 17.9 Å². The molecule has 0 unspecified atom stereocenters. The van der Waals surface area contributed by atoms with Crippen LogP contribution in [0, 0.1) is 4.91 Å². The van der Waals surface area contributed by atoms with Crippen LogP contribution in [0.2, 0.25) is 0 Å². The molecule has 7 heteroatoms. The number of benzene rings is 1. The molecule has 0 saturated heterocycles. The lowest BCUT2D eigenvalue weighted by atomic mass is 10.2. The maximum atomic E-state index is 12.5. The van der Waals surface area contributed by atoms with Crippen LogP contribution in [0.1, 0.15) is 5.56 Å². The summed E-state index contributed by atoms with van der Waals surface area (Å²) < 4.78 is 42.7. The minimum absolute atomic E-state index is 0.0709. The van der Waals surface area contributed by atoms with Gasteiger partial charge in [-0.05, 0) is 35.5 Å². The highest BCUT2D eigenvalue weighted by Crippen LogP contribution is 2.34. The quantitative estimate of drug-likeness (QED) is 0.780. The monoisotopic (exact) mass is 268 g/mol. The smallest absolute Gasteiger partial charge is 0.416 e. The topological polar surface area (TPSA) is 51.5 Å². The highest BCUT2D eigenvalue weighted by Gasteiger charge is 2.30. The molecule has 0 atom stereocenters. The van der Waals surface area contributed by atoms with E-state index in [1.807, 2.05) is 0 Å². The van der Waals surface area contributed by atoms with E-state index in [0.717, 1.165) is 12.1 Å². The van der Waals surface area contributed by atoms with Crippen LogP contribution in [0.4, 0.5) is 18.9 Å². The first-order chi connectivity index (χ1) is 9.00. The standard InChI is InChI=1S/C12H7F3N2O2/c13-12(14,15)8-3-1-4-9(7-8)19-11-10(17-18)5-2-6-16-11/h1-7H. The van der Waals surface area contributed by atoms with Crippen molar-refractivity contribution in [1.29, 1.82) is 0 Å². The maximum absolute atomic E-state index is 12.5. The van der Waals surface area contributed by atoms with Gasteiger partial charge in [-0.2, -0.15) is 13.2 Å². The number of aromatic nitrogens is 1. The first-order valence-electron chi connectivity index (χ1n) is 5.14. The number of alkyl halides is 3. The van der Waals surface area contributed by atoms with Crippen molar-refractivity contribution in [2.24, 2.45) is 5.18 Å². The van der Waals surface area contributed by atoms with Crippen LogP contribution in [0.3, 0.4) is 0 Å². The number of hydrogen-bond acceptors (Lipinski definition) is 4. The Hall–Kier alpha value is -2.44. The van der Waals surface area contributed by atoms with Crippen molar-refractivity contribution in [2.45, 2.75) is 6.18 Å². The summed E-state index contributed by atoms with van der Waals surface area (Å²) in [5.74, 6) is -0.213. The van der Waals surface area contributed by atoms with Gasteiger partial charge < -0.3 is 4.74 Å². The van der Waals surface area contributed by atoms with Crippen molar-refractivity contribution in [3.8, 4) is 11.6 Å². The van der Waals surface area contributed by atoms with Crippen LogP contribution in [0.15, 0.2) is 47.8 Å². The predicted octanol–water partition coefficient (Wildman–Crippen LogP) is 4.29. The van der Waals surface area contributed by atoms with Crippen LogP contribution in [0.25, 0.3) is 0 Å². The van der Waals surface area contributed by atoms with Gasteiger partial charge in [0.2, 0.25) is 5.88 Å². The molecule has 0 aliphatic rings. The summed E-state index contributed by atoms with van der Waals surface area (Å²) in [4.78, 5) is 14.2. The molecule has 0 amide bonds. The van der Waals surface area contributed by atoms with Gasteiger partial charge in [0.25, 0.3) is 0 Å². The maximum Gasteiger partial charge on any atom is 0.416 e. The van der Waals surface area contributed by atoms with Crippen LogP contribution >= 0.6 is 0 Å². The summed E-state index contributed by atoms with van der Waals surface area (Å²) in [6, 6.07) is 7.10. The Bertz CT molecular complexity index is 600. The lowest BCUT2D eigenvalue weighted by Gasteiger charge is -2.09. The molecule has 4 nitrogen and oxygen atoms in total. The molecule has 1 aromatic carbocycles. The van der Waals surface area contributed by atoms with Crippen molar-refractivity contribution >= 4 is 5.69 Å². The molecule has 2 rings (SSSR count). The Morgan fingerprint density at radius 2 is 1.95 bits per heavy atom. The van der Waals surface area contributed by atoms with Gasteiger partial charge in [-0.3, -0.25) is 0 Å². The second kappa shape index (κ2) is 5.05. The van der Waals surface area contributed by atoms with E-state index in [4.69, 9.17) is 4.74 Å². The molecule has 1 aromatic heterocycles. The number of rotatable bonds is 3. The van der Waals surface area contributed by atoms with Gasteiger partial charge in [0.05, 0.1) is 5.56 Å². The van der Waals surface area contributed by atoms with Crippen molar-refractivity contribution in [3.05, 3.63) is 53.1 Å². The number of pyridine rings is 1. The fourth-order valence-corrected chi connectivity index (χ4v) is 1.38. The van der Waals surface area contributed by atoms with Gasteiger partial charge in [0.15, 0.2) is 5.69 Å². The van der Waals surface area contributed by atoms with E-state index >= 15 is 0 Å². The summed E-state index contributed by atoms with van der Waals surface area (Å²) in [6.07, 6.45) is -3.12. The van der Waals surface area contributed by atoms with Crippen molar-refractivity contribution in [1.82, 2.24) is 4.98 Å². The molecule has 0 aliphatic heterocycles. The first-order valence-corrected chi connectivity index (χ1v) is 5.14. The summed E-state index contributed by atoms with van der Waals surface area (Å²) in [7, 11) is 0. The summed E-state index contributed by atoms with van der Waals surface area (Å²) in [6.45, 7) is 0. The van der Waals surface area contributed by atoms with E-state index in [-0.39, 0.29) is 17.3 Å². The molecule has 0 radical (unpaired) electrons. The minimum Gasteiger partial charge on any atom is -0.437 e. The molecule has 2 aromatic rings. The van der Waals surface area contributed by atoms with Gasteiger partial charge in [0.1, 0.15) is 5.75 Å². The van der Waals surface area contributed by atoms with Gasteiger partial charge in [-0.25, -0.2) is 4.98 Å². The average molecular weight is 268 g/mol. The number of nitroso groups, excluding NO2 is 1. The lowest BCUT2D eigenvalue weighted by molar-refractivity contribution is -0.137. The summed E-state index contributed by atoms with van der Waals surface area (Å²) in [5.41, 5.74) is -0.929. The predicted molar refractivity (Wildman–Crippen MR) is 61.2 cm³/mol.